The highest BCUT2D eigenvalue weighted by Gasteiger charge is 2.34. The van der Waals surface area contributed by atoms with Gasteiger partial charge in [0.05, 0.1) is 5.69 Å². The van der Waals surface area contributed by atoms with Gasteiger partial charge in [0.2, 0.25) is 0 Å². The Kier molecular flexibility index (Phi) is 5.28. The molecule has 1 fully saturated rings. The van der Waals surface area contributed by atoms with Crippen LogP contribution in [0, 0.1) is 13.8 Å². The minimum Gasteiger partial charge on any atom is -0.318 e. The Morgan fingerprint density at radius 1 is 0.967 bits per heavy atom. The number of hydrogen-bond acceptors (Lipinski definition) is 3. The number of aromatic nitrogens is 1. The molecule has 0 spiro atoms. The summed E-state index contributed by atoms with van der Waals surface area (Å²) in [5.41, 5.74) is 4.29. The first-order valence-electron chi connectivity index (χ1n) is 9.28. The van der Waals surface area contributed by atoms with Gasteiger partial charge < -0.3 is 4.57 Å². The molecule has 0 radical (unpaired) electrons. The second kappa shape index (κ2) is 7.89. The number of halogens is 1. The van der Waals surface area contributed by atoms with Crippen LogP contribution in [0.25, 0.3) is 11.8 Å². The van der Waals surface area contributed by atoms with E-state index in [0.29, 0.717) is 10.7 Å². The molecule has 3 aromatic rings. The molecule has 1 saturated heterocycles. The molecular formula is C23H18ClN3O2S. The maximum absolute atomic E-state index is 13.2. The van der Waals surface area contributed by atoms with Crippen molar-refractivity contribution in [3.63, 3.8) is 0 Å². The molecule has 1 aromatic heterocycles. The summed E-state index contributed by atoms with van der Waals surface area (Å²) in [7, 11) is 0. The van der Waals surface area contributed by atoms with Gasteiger partial charge in [-0.2, -0.15) is 0 Å². The molecular weight excluding hydrogens is 418 g/mol. The molecule has 0 aliphatic carbocycles. The van der Waals surface area contributed by atoms with E-state index in [0.717, 1.165) is 22.6 Å². The average molecular weight is 436 g/mol. The Balaban J connectivity index is 1.76. The molecule has 30 heavy (non-hydrogen) atoms. The maximum Gasteiger partial charge on any atom is 0.270 e. The monoisotopic (exact) mass is 435 g/mol. The van der Waals surface area contributed by atoms with E-state index in [-0.39, 0.29) is 10.7 Å². The van der Waals surface area contributed by atoms with Crippen LogP contribution in [-0.2, 0) is 9.59 Å². The van der Waals surface area contributed by atoms with E-state index in [4.69, 9.17) is 23.8 Å². The van der Waals surface area contributed by atoms with Gasteiger partial charge in [-0.05, 0) is 80.2 Å². The highest BCUT2D eigenvalue weighted by atomic mass is 35.5. The van der Waals surface area contributed by atoms with E-state index in [9.17, 15) is 9.59 Å². The molecule has 5 nitrogen and oxygen atoms in total. The Hall–Kier alpha value is -3.22. The Morgan fingerprint density at radius 2 is 1.63 bits per heavy atom. The van der Waals surface area contributed by atoms with Crippen LogP contribution in [0.5, 0.6) is 0 Å². The molecule has 2 aromatic carbocycles. The van der Waals surface area contributed by atoms with Crippen molar-refractivity contribution in [3.8, 4) is 5.69 Å². The van der Waals surface area contributed by atoms with Crippen molar-refractivity contribution in [1.82, 2.24) is 9.88 Å². The summed E-state index contributed by atoms with van der Waals surface area (Å²) in [6, 6.07) is 18.6. The number of rotatable bonds is 3. The molecule has 150 valence electrons. The standard InChI is InChI=1S/C23H18ClN3O2S/c1-14-12-16(15(2)26(14)18-6-4-3-5-7-18)13-20-21(28)25-23(30)27(22(20)29)19-10-8-17(24)9-11-19/h3-13H,1-2H3,(H,25,28,30)/b20-13-. The first-order valence-corrected chi connectivity index (χ1v) is 10.1. The first kappa shape index (κ1) is 20.1. The fourth-order valence-electron chi connectivity index (χ4n) is 3.55. The van der Waals surface area contributed by atoms with E-state index in [1.165, 1.54) is 4.90 Å². The SMILES string of the molecule is Cc1cc(/C=C2/C(=O)NC(=S)N(c3ccc(Cl)cc3)C2=O)c(C)n1-c1ccccc1. The van der Waals surface area contributed by atoms with Gasteiger partial charge in [-0.25, -0.2) is 0 Å². The number of hydrogen-bond donors (Lipinski definition) is 1. The zero-order valence-electron chi connectivity index (χ0n) is 16.3. The van der Waals surface area contributed by atoms with Crippen molar-refractivity contribution in [3.05, 3.63) is 88.2 Å². The van der Waals surface area contributed by atoms with Crippen molar-refractivity contribution < 1.29 is 9.59 Å². The van der Waals surface area contributed by atoms with E-state index in [1.54, 1.807) is 30.3 Å². The van der Waals surface area contributed by atoms with E-state index >= 15 is 0 Å². The number of carbonyl (C=O) groups excluding carboxylic acids is 2. The normalized spacial score (nSPS) is 15.6. The minimum atomic E-state index is -0.514. The summed E-state index contributed by atoms with van der Waals surface area (Å²) in [6.07, 6.45) is 1.62. The first-order chi connectivity index (χ1) is 14.4. The predicted molar refractivity (Wildman–Crippen MR) is 123 cm³/mol. The molecule has 2 heterocycles. The Bertz CT molecular complexity index is 1200. The Labute approximate surface area is 184 Å². The lowest BCUT2D eigenvalue weighted by atomic mass is 10.1. The van der Waals surface area contributed by atoms with Gasteiger partial charge >= 0.3 is 0 Å². The third kappa shape index (κ3) is 3.56. The summed E-state index contributed by atoms with van der Waals surface area (Å²) in [5, 5.41) is 3.19. The summed E-state index contributed by atoms with van der Waals surface area (Å²) >= 11 is 11.2. The molecule has 1 N–H and O–H groups in total. The molecule has 4 rings (SSSR count). The van der Waals surface area contributed by atoms with Crippen LogP contribution in [0.15, 0.2) is 66.2 Å². The molecule has 0 saturated carbocycles. The second-order valence-corrected chi connectivity index (χ2v) is 7.75. The number of thiocarbonyl (C=S) groups is 1. The van der Waals surface area contributed by atoms with Gasteiger partial charge in [0, 0.05) is 22.1 Å². The molecule has 0 unspecified atom stereocenters. The number of para-hydroxylation sites is 1. The van der Waals surface area contributed by atoms with Gasteiger partial charge in [0.15, 0.2) is 5.11 Å². The highest BCUT2D eigenvalue weighted by molar-refractivity contribution is 7.80. The lowest BCUT2D eigenvalue weighted by molar-refractivity contribution is -0.122. The van der Waals surface area contributed by atoms with E-state index in [2.05, 4.69) is 9.88 Å². The highest BCUT2D eigenvalue weighted by Crippen LogP contribution is 2.26. The second-order valence-electron chi connectivity index (χ2n) is 6.93. The summed E-state index contributed by atoms with van der Waals surface area (Å²) in [5.74, 6) is -0.990. The predicted octanol–water partition coefficient (Wildman–Crippen LogP) is 4.58. The summed E-state index contributed by atoms with van der Waals surface area (Å²) in [4.78, 5) is 27.1. The van der Waals surface area contributed by atoms with Crippen molar-refractivity contribution in [2.75, 3.05) is 4.90 Å². The van der Waals surface area contributed by atoms with Crippen molar-refractivity contribution in [1.29, 1.82) is 0 Å². The van der Waals surface area contributed by atoms with Crippen LogP contribution < -0.4 is 10.2 Å². The number of aryl methyl sites for hydroxylation is 1. The van der Waals surface area contributed by atoms with Gasteiger partial charge in [-0.3, -0.25) is 19.8 Å². The van der Waals surface area contributed by atoms with E-state index in [1.807, 2.05) is 50.2 Å². The lowest BCUT2D eigenvalue weighted by Gasteiger charge is -2.28. The maximum atomic E-state index is 13.2. The zero-order valence-corrected chi connectivity index (χ0v) is 17.9. The molecule has 2 amide bonds. The fraction of sp³-hybridized carbons (Fsp3) is 0.0870. The fourth-order valence-corrected chi connectivity index (χ4v) is 3.95. The van der Waals surface area contributed by atoms with Crippen LogP contribution in [0.1, 0.15) is 17.0 Å². The average Bonchev–Trinajstić information content (AvgIpc) is 3.00. The van der Waals surface area contributed by atoms with Gasteiger partial charge in [-0.15, -0.1) is 0 Å². The summed E-state index contributed by atoms with van der Waals surface area (Å²) < 4.78 is 2.08. The zero-order chi connectivity index (χ0) is 21.4. The third-order valence-electron chi connectivity index (χ3n) is 4.97. The number of amides is 2. The number of carbonyl (C=O) groups is 2. The minimum absolute atomic E-state index is 0.0202. The van der Waals surface area contributed by atoms with Crippen molar-refractivity contribution >= 4 is 52.5 Å². The third-order valence-corrected chi connectivity index (χ3v) is 5.51. The molecule has 0 bridgehead atoms. The van der Waals surface area contributed by atoms with Gasteiger partial charge in [0.1, 0.15) is 5.57 Å². The molecule has 7 heteroatoms. The number of anilines is 1. The molecule has 1 aliphatic rings. The Morgan fingerprint density at radius 3 is 2.30 bits per heavy atom. The van der Waals surface area contributed by atoms with Crippen LogP contribution in [0.4, 0.5) is 5.69 Å². The number of benzene rings is 2. The van der Waals surface area contributed by atoms with Gasteiger partial charge in [0.25, 0.3) is 11.8 Å². The van der Waals surface area contributed by atoms with Crippen LogP contribution in [0.2, 0.25) is 5.02 Å². The van der Waals surface area contributed by atoms with E-state index < -0.39 is 11.8 Å². The smallest absolute Gasteiger partial charge is 0.270 e. The lowest BCUT2D eigenvalue weighted by Crippen LogP contribution is -2.54. The number of nitrogens with one attached hydrogen (secondary N) is 1. The van der Waals surface area contributed by atoms with Crippen LogP contribution >= 0.6 is 23.8 Å². The van der Waals surface area contributed by atoms with Crippen LogP contribution in [-0.4, -0.2) is 21.5 Å². The topological polar surface area (TPSA) is 54.3 Å². The van der Waals surface area contributed by atoms with Crippen molar-refractivity contribution in [2.24, 2.45) is 0 Å². The largest absolute Gasteiger partial charge is 0.318 e. The van der Waals surface area contributed by atoms with Gasteiger partial charge in [-0.1, -0.05) is 29.8 Å². The molecule has 1 aliphatic heterocycles. The van der Waals surface area contributed by atoms with Crippen molar-refractivity contribution in [2.45, 2.75) is 13.8 Å². The number of nitrogens with zero attached hydrogens (tertiary/aromatic N) is 2. The summed E-state index contributed by atoms with van der Waals surface area (Å²) in [6.45, 7) is 3.94. The quantitative estimate of drug-likeness (QED) is 0.372. The van der Waals surface area contributed by atoms with Crippen LogP contribution in [0.3, 0.4) is 0 Å². The molecule has 0 atom stereocenters.